The van der Waals surface area contributed by atoms with Crippen LogP contribution in [0.5, 0.6) is 0 Å². The number of nitrogens with one attached hydrogen (secondary N) is 1. The molecule has 4 heterocycles. The fraction of sp³-hybridized carbons (Fsp3) is 0.412. The van der Waals surface area contributed by atoms with E-state index < -0.39 is 0 Å². The minimum absolute atomic E-state index is 0.420. The highest BCUT2D eigenvalue weighted by molar-refractivity contribution is 5.62. The van der Waals surface area contributed by atoms with E-state index in [0.29, 0.717) is 36.7 Å². The second kappa shape index (κ2) is 5.66. The van der Waals surface area contributed by atoms with Crippen LogP contribution in [0.15, 0.2) is 22.7 Å². The SMILES string of the molecule is Cc1cc(-c2noc(-c3cc4n(n3)CCOC4)n2)cc(NC2CC2)n1. The third-order valence-corrected chi connectivity index (χ3v) is 4.35. The molecule has 25 heavy (non-hydrogen) atoms. The van der Waals surface area contributed by atoms with Gasteiger partial charge in [0.15, 0.2) is 5.69 Å². The molecule has 0 spiro atoms. The summed E-state index contributed by atoms with van der Waals surface area (Å²) in [6.07, 6.45) is 2.40. The number of fused-ring (bicyclic) bond motifs is 1. The van der Waals surface area contributed by atoms with Crippen LogP contribution in [0.25, 0.3) is 23.0 Å². The molecular formula is C17H18N6O2. The lowest BCUT2D eigenvalue weighted by molar-refractivity contribution is 0.0801. The Morgan fingerprint density at radius 3 is 2.96 bits per heavy atom. The molecule has 1 aliphatic heterocycles. The van der Waals surface area contributed by atoms with Gasteiger partial charge in [-0.1, -0.05) is 5.16 Å². The molecule has 3 aromatic rings. The summed E-state index contributed by atoms with van der Waals surface area (Å²) < 4.78 is 12.8. The minimum atomic E-state index is 0.420. The van der Waals surface area contributed by atoms with E-state index in [0.717, 1.165) is 29.3 Å². The third kappa shape index (κ3) is 2.89. The molecule has 1 saturated carbocycles. The Bertz CT molecular complexity index is 904. The quantitative estimate of drug-likeness (QED) is 0.781. The van der Waals surface area contributed by atoms with Crippen LogP contribution in [-0.4, -0.2) is 37.6 Å². The Hall–Kier alpha value is -2.74. The summed E-state index contributed by atoms with van der Waals surface area (Å²) in [5, 5.41) is 12.1. The number of nitrogens with zero attached hydrogens (tertiary/aromatic N) is 5. The zero-order valence-electron chi connectivity index (χ0n) is 13.9. The van der Waals surface area contributed by atoms with Crippen molar-refractivity contribution in [3.63, 3.8) is 0 Å². The third-order valence-electron chi connectivity index (χ3n) is 4.35. The predicted octanol–water partition coefficient (Wildman–Crippen LogP) is 2.41. The van der Waals surface area contributed by atoms with Gasteiger partial charge in [0.05, 0.1) is 25.5 Å². The molecule has 128 valence electrons. The molecule has 0 unspecified atom stereocenters. The van der Waals surface area contributed by atoms with Crippen LogP contribution in [0, 0.1) is 6.92 Å². The zero-order valence-corrected chi connectivity index (χ0v) is 13.9. The van der Waals surface area contributed by atoms with Crippen LogP contribution < -0.4 is 5.32 Å². The molecule has 2 aliphatic rings. The normalized spacial score (nSPS) is 16.7. The van der Waals surface area contributed by atoms with E-state index in [1.165, 1.54) is 12.8 Å². The molecule has 0 saturated heterocycles. The van der Waals surface area contributed by atoms with Gasteiger partial charge in [-0.2, -0.15) is 10.1 Å². The molecule has 0 amide bonds. The van der Waals surface area contributed by atoms with Crippen molar-refractivity contribution in [2.24, 2.45) is 0 Å². The second-order valence-corrected chi connectivity index (χ2v) is 6.52. The largest absolute Gasteiger partial charge is 0.373 e. The standard InChI is InChI=1S/C17H18N6O2/c1-10-6-11(7-15(18-10)19-12-2-3-12)16-20-17(25-22-16)14-8-13-9-24-5-4-23(13)21-14/h6-8,12H,2-5,9H2,1H3,(H,18,19). The van der Waals surface area contributed by atoms with Gasteiger partial charge in [-0.3, -0.25) is 4.68 Å². The number of aryl methyl sites for hydroxylation is 1. The van der Waals surface area contributed by atoms with Crippen molar-refractivity contribution < 1.29 is 9.26 Å². The smallest absolute Gasteiger partial charge is 0.278 e. The van der Waals surface area contributed by atoms with Crippen LogP contribution in [0.3, 0.4) is 0 Å². The first kappa shape index (κ1) is 14.6. The van der Waals surface area contributed by atoms with Crippen molar-refractivity contribution in [2.75, 3.05) is 11.9 Å². The summed E-state index contributed by atoms with van der Waals surface area (Å²) in [5.74, 6) is 1.82. The Kier molecular flexibility index (Phi) is 3.30. The topological polar surface area (TPSA) is 90.9 Å². The maximum atomic E-state index is 5.44. The van der Waals surface area contributed by atoms with E-state index in [4.69, 9.17) is 9.26 Å². The first-order chi connectivity index (χ1) is 12.2. The average molecular weight is 338 g/mol. The molecule has 1 N–H and O–H groups in total. The van der Waals surface area contributed by atoms with Crippen molar-refractivity contribution in [1.29, 1.82) is 0 Å². The minimum Gasteiger partial charge on any atom is -0.373 e. The summed E-state index contributed by atoms with van der Waals surface area (Å²) in [6.45, 7) is 3.95. The van der Waals surface area contributed by atoms with Crippen molar-refractivity contribution in [3.8, 4) is 23.0 Å². The molecule has 5 rings (SSSR count). The average Bonchev–Trinajstić information content (AvgIpc) is 3.13. The van der Waals surface area contributed by atoms with Crippen LogP contribution in [0.1, 0.15) is 24.2 Å². The number of rotatable bonds is 4. The summed E-state index contributed by atoms with van der Waals surface area (Å²) in [4.78, 5) is 9.04. The van der Waals surface area contributed by atoms with Crippen molar-refractivity contribution >= 4 is 5.82 Å². The summed E-state index contributed by atoms with van der Waals surface area (Å²) in [7, 11) is 0. The zero-order chi connectivity index (χ0) is 16.8. The van der Waals surface area contributed by atoms with E-state index in [-0.39, 0.29) is 0 Å². The lowest BCUT2D eigenvalue weighted by Gasteiger charge is -2.12. The lowest BCUT2D eigenvalue weighted by atomic mass is 10.2. The van der Waals surface area contributed by atoms with E-state index >= 15 is 0 Å². The van der Waals surface area contributed by atoms with Gasteiger partial charge in [0.25, 0.3) is 5.89 Å². The van der Waals surface area contributed by atoms with Crippen molar-refractivity contribution in [1.82, 2.24) is 24.9 Å². The molecule has 3 aromatic heterocycles. The number of pyridine rings is 1. The molecule has 8 nitrogen and oxygen atoms in total. The second-order valence-electron chi connectivity index (χ2n) is 6.52. The van der Waals surface area contributed by atoms with Crippen molar-refractivity contribution in [2.45, 2.75) is 39.0 Å². The highest BCUT2D eigenvalue weighted by atomic mass is 16.5. The molecule has 1 fully saturated rings. The maximum absolute atomic E-state index is 5.44. The number of hydrogen-bond donors (Lipinski definition) is 1. The van der Waals surface area contributed by atoms with E-state index in [2.05, 4.69) is 25.5 Å². The summed E-state index contributed by atoms with van der Waals surface area (Å²) >= 11 is 0. The van der Waals surface area contributed by atoms with Crippen LogP contribution >= 0.6 is 0 Å². The van der Waals surface area contributed by atoms with E-state index in [1.54, 1.807) is 0 Å². The molecule has 0 radical (unpaired) electrons. The first-order valence-electron chi connectivity index (χ1n) is 8.49. The summed E-state index contributed by atoms with van der Waals surface area (Å²) in [6, 6.07) is 6.40. The van der Waals surface area contributed by atoms with Gasteiger partial charge in [-0.25, -0.2) is 4.98 Å². The molecule has 0 aromatic carbocycles. The highest BCUT2D eigenvalue weighted by Crippen LogP contribution is 2.28. The van der Waals surface area contributed by atoms with Crippen LogP contribution in [0.2, 0.25) is 0 Å². The maximum Gasteiger partial charge on any atom is 0.278 e. The fourth-order valence-electron chi connectivity index (χ4n) is 2.95. The summed E-state index contributed by atoms with van der Waals surface area (Å²) in [5.41, 5.74) is 3.51. The van der Waals surface area contributed by atoms with Crippen LogP contribution in [-0.2, 0) is 17.9 Å². The van der Waals surface area contributed by atoms with Gasteiger partial charge < -0.3 is 14.6 Å². The lowest BCUT2D eigenvalue weighted by Crippen LogP contribution is -2.16. The van der Waals surface area contributed by atoms with Gasteiger partial charge in [-0.05, 0) is 38.0 Å². The van der Waals surface area contributed by atoms with Gasteiger partial charge in [0, 0.05) is 17.3 Å². The number of anilines is 1. The van der Waals surface area contributed by atoms with E-state index in [1.807, 2.05) is 29.8 Å². The van der Waals surface area contributed by atoms with Gasteiger partial charge >= 0.3 is 0 Å². The Balaban J connectivity index is 1.46. The Morgan fingerprint density at radius 2 is 2.12 bits per heavy atom. The van der Waals surface area contributed by atoms with Crippen molar-refractivity contribution in [3.05, 3.63) is 29.6 Å². The number of ether oxygens (including phenoxy) is 1. The van der Waals surface area contributed by atoms with Crippen LogP contribution in [0.4, 0.5) is 5.82 Å². The molecule has 0 bridgehead atoms. The molecule has 1 aliphatic carbocycles. The highest BCUT2D eigenvalue weighted by Gasteiger charge is 2.22. The van der Waals surface area contributed by atoms with Gasteiger partial charge in [0.1, 0.15) is 5.82 Å². The number of aromatic nitrogens is 5. The molecule has 0 atom stereocenters. The monoisotopic (exact) mass is 338 g/mol. The fourth-order valence-corrected chi connectivity index (χ4v) is 2.95. The predicted molar refractivity (Wildman–Crippen MR) is 89.8 cm³/mol. The Morgan fingerprint density at radius 1 is 1.20 bits per heavy atom. The Labute approximate surface area is 144 Å². The molecular weight excluding hydrogens is 320 g/mol. The van der Waals surface area contributed by atoms with Gasteiger partial charge in [0.2, 0.25) is 5.82 Å². The first-order valence-corrected chi connectivity index (χ1v) is 8.49. The van der Waals surface area contributed by atoms with Gasteiger partial charge in [-0.15, -0.1) is 0 Å². The number of hydrogen-bond acceptors (Lipinski definition) is 7. The molecule has 8 heteroatoms. The van der Waals surface area contributed by atoms with E-state index in [9.17, 15) is 0 Å².